The predicted octanol–water partition coefficient (Wildman–Crippen LogP) is 5.16. The highest BCUT2D eigenvalue weighted by atomic mass is 35.5. The molecule has 3 nitrogen and oxygen atoms in total. The Morgan fingerprint density at radius 3 is 2.50 bits per heavy atom. The van der Waals surface area contributed by atoms with E-state index < -0.39 is 5.82 Å². The minimum absolute atomic E-state index is 0.0405. The highest BCUT2D eigenvalue weighted by Gasteiger charge is 2.12. The molecule has 1 aromatic heterocycles. The molecule has 0 saturated heterocycles. The highest BCUT2D eigenvalue weighted by Crippen LogP contribution is 2.26. The number of nitrogens with zero attached hydrogens (tertiary/aromatic N) is 1. The summed E-state index contributed by atoms with van der Waals surface area (Å²) >= 11 is 7.18. The van der Waals surface area contributed by atoms with Crippen LogP contribution < -0.4 is 0 Å². The molecule has 26 heavy (non-hydrogen) atoms. The quantitative estimate of drug-likeness (QED) is 0.549. The number of benzene rings is 2. The van der Waals surface area contributed by atoms with Crippen LogP contribution in [0.1, 0.15) is 27.9 Å². The van der Waals surface area contributed by atoms with E-state index in [1.807, 2.05) is 5.38 Å². The molecule has 0 N–H and O–H groups in total. The molecular weight excluding hydrogens is 373 g/mol. The fourth-order valence-electron chi connectivity index (χ4n) is 2.52. The first-order valence-corrected chi connectivity index (χ1v) is 9.19. The van der Waals surface area contributed by atoms with Crippen molar-refractivity contribution in [3.8, 4) is 11.3 Å². The molecule has 3 aromatic rings. The van der Waals surface area contributed by atoms with E-state index in [-0.39, 0.29) is 23.0 Å². The lowest BCUT2D eigenvalue weighted by molar-refractivity contribution is -0.116. The number of ketones is 2. The van der Waals surface area contributed by atoms with Crippen LogP contribution in [-0.4, -0.2) is 16.6 Å². The van der Waals surface area contributed by atoms with Crippen LogP contribution >= 0.6 is 22.9 Å². The molecular formula is C20H15ClFNO2S. The monoisotopic (exact) mass is 387 g/mol. The summed E-state index contributed by atoms with van der Waals surface area (Å²) in [6.07, 6.45) is 0.552. The average molecular weight is 388 g/mol. The fraction of sp³-hybridized carbons (Fsp3) is 0.150. The molecule has 0 unspecified atom stereocenters. The number of aromatic nitrogens is 1. The van der Waals surface area contributed by atoms with Crippen molar-refractivity contribution in [1.82, 2.24) is 4.98 Å². The molecule has 3 rings (SSSR count). The van der Waals surface area contributed by atoms with Gasteiger partial charge in [0.05, 0.1) is 17.1 Å². The van der Waals surface area contributed by atoms with Crippen LogP contribution in [0.25, 0.3) is 11.3 Å². The highest BCUT2D eigenvalue weighted by molar-refractivity contribution is 7.10. The Balaban J connectivity index is 1.71. The number of rotatable bonds is 6. The van der Waals surface area contributed by atoms with Crippen molar-refractivity contribution in [2.45, 2.75) is 19.8 Å². The summed E-state index contributed by atoms with van der Waals surface area (Å²) in [5, 5.41) is 2.54. The number of hydrogen-bond acceptors (Lipinski definition) is 4. The number of hydrogen-bond donors (Lipinski definition) is 0. The first-order valence-electron chi connectivity index (χ1n) is 7.94. The number of Topliss-reactive ketones (excluding diaryl/α,β-unsaturated/α-hetero) is 2. The third kappa shape index (κ3) is 4.42. The van der Waals surface area contributed by atoms with E-state index in [4.69, 9.17) is 11.6 Å². The van der Waals surface area contributed by atoms with Gasteiger partial charge < -0.3 is 0 Å². The van der Waals surface area contributed by atoms with Gasteiger partial charge in [0.15, 0.2) is 5.78 Å². The van der Waals surface area contributed by atoms with E-state index in [0.717, 1.165) is 5.56 Å². The molecule has 0 aliphatic rings. The van der Waals surface area contributed by atoms with Crippen LogP contribution in [-0.2, 0) is 17.6 Å². The maximum atomic E-state index is 13.3. The zero-order valence-electron chi connectivity index (χ0n) is 14.0. The van der Waals surface area contributed by atoms with E-state index in [1.54, 1.807) is 30.3 Å². The minimum atomic E-state index is -0.478. The maximum Gasteiger partial charge on any atom is 0.169 e. The second-order valence-corrected chi connectivity index (χ2v) is 7.28. The molecule has 2 aromatic carbocycles. The lowest BCUT2D eigenvalue weighted by Crippen LogP contribution is -2.04. The van der Waals surface area contributed by atoms with Crippen molar-refractivity contribution in [1.29, 1.82) is 0 Å². The van der Waals surface area contributed by atoms with Crippen molar-refractivity contribution in [2.24, 2.45) is 0 Å². The van der Waals surface area contributed by atoms with Gasteiger partial charge in [0.2, 0.25) is 0 Å². The second kappa shape index (κ2) is 7.89. The zero-order valence-corrected chi connectivity index (χ0v) is 15.5. The summed E-state index contributed by atoms with van der Waals surface area (Å²) < 4.78 is 13.3. The molecule has 0 spiro atoms. The molecule has 0 aliphatic carbocycles. The Bertz CT molecular complexity index is 966. The molecule has 0 saturated carbocycles. The molecule has 0 bridgehead atoms. The van der Waals surface area contributed by atoms with E-state index in [0.29, 0.717) is 28.2 Å². The lowest BCUT2D eigenvalue weighted by Gasteiger charge is -2.02. The topological polar surface area (TPSA) is 47.0 Å². The lowest BCUT2D eigenvalue weighted by atomic mass is 10.0. The van der Waals surface area contributed by atoms with Gasteiger partial charge in [-0.1, -0.05) is 35.9 Å². The third-order valence-corrected chi connectivity index (χ3v) is 4.95. The minimum Gasteiger partial charge on any atom is -0.300 e. The van der Waals surface area contributed by atoms with Gasteiger partial charge in [-0.15, -0.1) is 11.3 Å². The fourth-order valence-corrected chi connectivity index (χ4v) is 3.50. The smallest absolute Gasteiger partial charge is 0.169 e. The molecule has 0 fully saturated rings. The van der Waals surface area contributed by atoms with Crippen molar-refractivity contribution >= 4 is 34.5 Å². The Hall–Kier alpha value is -2.37. The summed E-state index contributed by atoms with van der Waals surface area (Å²) in [5.41, 5.74) is 2.84. The van der Waals surface area contributed by atoms with E-state index in [2.05, 4.69) is 4.98 Å². The molecule has 0 radical (unpaired) electrons. The largest absolute Gasteiger partial charge is 0.300 e. The summed E-state index contributed by atoms with van der Waals surface area (Å²) in [6, 6.07) is 11.5. The Morgan fingerprint density at radius 1 is 1.12 bits per heavy atom. The molecule has 0 aliphatic heterocycles. The predicted molar refractivity (Wildman–Crippen MR) is 101 cm³/mol. The molecule has 132 valence electrons. The Morgan fingerprint density at radius 2 is 1.85 bits per heavy atom. The average Bonchev–Trinajstić information content (AvgIpc) is 3.06. The molecule has 1 heterocycles. The first-order chi connectivity index (χ1) is 12.4. The normalized spacial score (nSPS) is 10.7. The number of carbonyl (C=O) groups excluding carboxylic acids is 2. The van der Waals surface area contributed by atoms with E-state index in [9.17, 15) is 14.0 Å². The second-order valence-electron chi connectivity index (χ2n) is 5.93. The van der Waals surface area contributed by atoms with Gasteiger partial charge in [-0.25, -0.2) is 9.37 Å². The SMILES string of the molecule is CC(=O)Cc1ccc(C(=O)Cc2nc(-c3ccc(F)c(Cl)c3)cs2)cc1. The Labute approximate surface area is 159 Å². The summed E-state index contributed by atoms with van der Waals surface area (Å²) in [7, 11) is 0. The van der Waals surface area contributed by atoms with Gasteiger partial charge in [-0.2, -0.15) is 0 Å². The van der Waals surface area contributed by atoms with Gasteiger partial charge in [-0.3, -0.25) is 9.59 Å². The van der Waals surface area contributed by atoms with E-state index in [1.165, 1.54) is 30.4 Å². The standard InChI is InChI=1S/C20H15ClFNO2S/c1-12(24)8-13-2-4-14(5-3-13)19(25)10-20-23-18(11-26-20)15-6-7-17(22)16(21)9-15/h2-7,9,11H,8,10H2,1H3. The zero-order chi connectivity index (χ0) is 18.7. The van der Waals surface area contributed by atoms with Crippen LogP contribution in [0.15, 0.2) is 47.8 Å². The van der Waals surface area contributed by atoms with Crippen LogP contribution in [0, 0.1) is 5.82 Å². The van der Waals surface area contributed by atoms with Crippen molar-refractivity contribution in [2.75, 3.05) is 0 Å². The Kier molecular flexibility index (Phi) is 5.59. The molecule has 0 amide bonds. The van der Waals surface area contributed by atoms with Crippen LogP contribution in [0.5, 0.6) is 0 Å². The van der Waals surface area contributed by atoms with Crippen LogP contribution in [0.2, 0.25) is 5.02 Å². The summed E-state index contributed by atoms with van der Waals surface area (Å²) in [4.78, 5) is 28.0. The molecule has 6 heteroatoms. The van der Waals surface area contributed by atoms with Gasteiger partial charge in [-0.05, 0) is 30.7 Å². The van der Waals surface area contributed by atoms with Crippen molar-refractivity contribution in [3.05, 3.63) is 74.8 Å². The number of thiazole rings is 1. The van der Waals surface area contributed by atoms with Gasteiger partial charge in [0, 0.05) is 22.9 Å². The molecule has 0 atom stereocenters. The number of carbonyl (C=O) groups is 2. The van der Waals surface area contributed by atoms with Gasteiger partial charge in [0.1, 0.15) is 16.6 Å². The third-order valence-electron chi connectivity index (χ3n) is 3.81. The van der Waals surface area contributed by atoms with E-state index >= 15 is 0 Å². The summed E-state index contributed by atoms with van der Waals surface area (Å²) in [5.74, 6) is -0.438. The number of halogens is 2. The first kappa shape index (κ1) is 18.4. The van der Waals surface area contributed by atoms with Gasteiger partial charge in [0.25, 0.3) is 0 Å². The maximum absolute atomic E-state index is 13.3. The van der Waals surface area contributed by atoms with Crippen LogP contribution in [0.3, 0.4) is 0 Å². The summed E-state index contributed by atoms with van der Waals surface area (Å²) in [6.45, 7) is 1.54. The van der Waals surface area contributed by atoms with Gasteiger partial charge >= 0.3 is 0 Å². The van der Waals surface area contributed by atoms with Crippen molar-refractivity contribution in [3.63, 3.8) is 0 Å². The van der Waals surface area contributed by atoms with Crippen LogP contribution in [0.4, 0.5) is 4.39 Å². The van der Waals surface area contributed by atoms with Crippen molar-refractivity contribution < 1.29 is 14.0 Å².